The van der Waals surface area contributed by atoms with E-state index in [1.807, 2.05) is 0 Å². The third-order valence-corrected chi connectivity index (χ3v) is 5.17. The van der Waals surface area contributed by atoms with E-state index in [0.29, 0.717) is 0 Å². The van der Waals surface area contributed by atoms with Crippen LogP contribution < -0.4 is 4.72 Å². The van der Waals surface area contributed by atoms with Crippen LogP contribution in [-0.4, -0.2) is 28.6 Å². The summed E-state index contributed by atoms with van der Waals surface area (Å²) < 4.78 is 55.2. The van der Waals surface area contributed by atoms with Crippen LogP contribution in [0, 0.1) is 11.6 Å². The molecule has 130 valence electrons. The first-order chi connectivity index (χ1) is 11.9. The molecule has 0 saturated carbocycles. The topological polar surface area (TPSA) is 89.8 Å². The van der Waals surface area contributed by atoms with Gasteiger partial charge in [0.15, 0.2) is 17.5 Å². The second-order valence-corrected chi connectivity index (χ2v) is 7.57. The first kappa shape index (κ1) is 17.6. The molecule has 0 saturated heterocycles. The van der Waals surface area contributed by atoms with Gasteiger partial charge in [0, 0.05) is 10.5 Å². The third kappa shape index (κ3) is 3.89. The molecule has 1 heterocycles. The van der Waals surface area contributed by atoms with E-state index in [1.54, 1.807) is 12.1 Å². The van der Waals surface area contributed by atoms with Gasteiger partial charge in [-0.2, -0.15) is 4.68 Å². The summed E-state index contributed by atoms with van der Waals surface area (Å²) in [4.78, 5) is 0.0718. The largest absolute Gasteiger partial charge is 0.240 e. The Morgan fingerprint density at radius 1 is 1.08 bits per heavy atom. The van der Waals surface area contributed by atoms with Crippen LogP contribution in [0.2, 0.25) is 0 Å². The summed E-state index contributed by atoms with van der Waals surface area (Å²) >= 11 is 3.23. The summed E-state index contributed by atoms with van der Waals surface area (Å²) in [5, 5.41) is 10.8. The number of sulfonamides is 1. The molecule has 0 bridgehead atoms. The maximum absolute atomic E-state index is 13.4. The van der Waals surface area contributed by atoms with Gasteiger partial charge in [0.05, 0.1) is 17.1 Å². The molecule has 1 aromatic heterocycles. The van der Waals surface area contributed by atoms with Crippen molar-refractivity contribution in [1.29, 1.82) is 0 Å². The number of nitrogens with one attached hydrogen (secondary N) is 1. The molecule has 0 spiro atoms. The zero-order valence-corrected chi connectivity index (χ0v) is 14.8. The van der Waals surface area contributed by atoms with E-state index in [-0.39, 0.29) is 23.0 Å². The molecule has 0 aliphatic carbocycles. The number of halogens is 3. The average Bonchev–Trinajstić information content (AvgIpc) is 3.05. The number of hydrogen-bond acceptors (Lipinski definition) is 5. The van der Waals surface area contributed by atoms with E-state index in [0.717, 1.165) is 21.3 Å². The zero-order valence-electron chi connectivity index (χ0n) is 12.4. The molecule has 7 nitrogen and oxygen atoms in total. The summed E-state index contributed by atoms with van der Waals surface area (Å²) in [6, 6.07) is 9.19. The molecule has 0 amide bonds. The molecule has 2 aromatic carbocycles. The summed E-state index contributed by atoms with van der Waals surface area (Å²) in [6.07, 6.45) is 0. The van der Waals surface area contributed by atoms with Gasteiger partial charge in [0.2, 0.25) is 10.0 Å². The lowest BCUT2D eigenvalue weighted by Gasteiger charge is -2.08. The third-order valence-electron chi connectivity index (χ3n) is 3.23. The molecule has 0 fully saturated rings. The Kier molecular flexibility index (Phi) is 4.88. The van der Waals surface area contributed by atoms with Gasteiger partial charge in [-0.15, -0.1) is 5.10 Å². The van der Waals surface area contributed by atoms with Crippen molar-refractivity contribution in [2.24, 2.45) is 0 Å². The molecule has 1 N–H and O–H groups in total. The minimum Gasteiger partial charge on any atom is -0.207 e. The van der Waals surface area contributed by atoms with E-state index < -0.39 is 21.7 Å². The van der Waals surface area contributed by atoms with Crippen molar-refractivity contribution >= 4 is 26.0 Å². The van der Waals surface area contributed by atoms with Gasteiger partial charge < -0.3 is 0 Å². The van der Waals surface area contributed by atoms with Gasteiger partial charge >= 0.3 is 0 Å². The highest BCUT2D eigenvalue weighted by Gasteiger charge is 2.17. The monoisotopic (exact) mass is 429 g/mol. The summed E-state index contributed by atoms with van der Waals surface area (Å²) in [5.74, 6) is -1.95. The van der Waals surface area contributed by atoms with Crippen LogP contribution in [0.3, 0.4) is 0 Å². The number of nitrogens with zero attached hydrogens (tertiary/aromatic N) is 4. The quantitative estimate of drug-likeness (QED) is 0.671. The number of aromatic nitrogens is 4. The van der Waals surface area contributed by atoms with Gasteiger partial charge in [-0.1, -0.05) is 15.9 Å². The summed E-state index contributed by atoms with van der Waals surface area (Å²) in [6.45, 7) is -0.232. The number of benzene rings is 2. The molecule has 0 unspecified atom stereocenters. The number of hydrogen-bond donors (Lipinski definition) is 1. The van der Waals surface area contributed by atoms with Crippen molar-refractivity contribution in [3.63, 3.8) is 0 Å². The van der Waals surface area contributed by atoms with Gasteiger partial charge in [-0.3, -0.25) is 0 Å². The Labute approximate surface area is 149 Å². The van der Waals surface area contributed by atoms with Crippen LogP contribution in [0.1, 0.15) is 5.82 Å². The van der Waals surface area contributed by atoms with Gasteiger partial charge in [0.25, 0.3) is 0 Å². The maximum atomic E-state index is 13.4. The molecule has 0 aliphatic rings. The van der Waals surface area contributed by atoms with Crippen LogP contribution in [0.5, 0.6) is 0 Å². The molecular formula is C14H10BrF2N5O2S. The number of rotatable bonds is 5. The first-order valence-electron chi connectivity index (χ1n) is 6.85. The minimum atomic E-state index is -3.78. The van der Waals surface area contributed by atoms with Crippen molar-refractivity contribution < 1.29 is 17.2 Å². The fraction of sp³-hybridized carbons (Fsp3) is 0.0714. The molecular weight excluding hydrogens is 420 g/mol. The van der Waals surface area contributed by atoms with Crippen LogP contribution in [0.4, 0.5) is 8.78 Å². The van der Waals surface area contributed by atoms with Gasteiger partial charge in [-0.25, -0.2) is 21.9 Å². The van der Waals surface area contributed by atoms with Crippen LogP contribution in [-0.2, 0) is 16.6 Å². The van der Waals surface area contributed by atoms with Gasteiger partial charge in [-0.05, 0) is 46.8 Å². The van der Waals surface area contributed by atoms with Crippen molar-refractivity contribution in [3.05, 3.63) is 64.4 Å². The lowest BCUT2D eigenvalue weighted by atomic mass is 10.3. The molecule has 11 heteroatoms. The molecule has 0 aliphatic heterocycles. The first-order valence-corrected chi connectivity index (χ1v) is 9.12. The van der Waals surface area contributed by atoms with Crippen molar-refractivity contribution in [2.45, 2.75) is 11.4 Å². The Hall–Kier alpha value is -2.24. The van der Waals surface area contributed by atoms with E-state index in [4.69, 9.17) is 0 Å². The predicted octanol–water partition coefficient (Wildman–Crippen LogP) is 2.18. The van der Waals surface area contributed by atoms with Crippen molar-refractivity contribution in [1.82, 2.24) is 24.9 Å². The summed E-state index contributed by atoms with van der Waals surface area (Å²) in [7, 11) is -3.78. The Bertz CT molecular complexity index is 1010. The van der Waals surface area contributed by atoms with Crippen LogP contribution in [0.15, 0.2) is 51.8 Å². The standard InChI is InChI=1S/C14H10BrF2N5O2S/c15-9-1-4-11(5-2-9)25(23,24)18-8-14-19-20-21-22(14)10-3-6-12(16)13(17)7-10/h1-7,18H,8H2. The molecule has 25 heavy (non-hydrogen) atoms. The SMILES string of the molecule is O=S(=O)(NCc1nnnn1-c1ccc(F)c(F)c1)c1ccc(Br)cc1. The Balaban J connectivity index is 1.82. The maximum Gasteiger partial charge on any atom is 0.240 e. The fourth-order valence-electron chi connectivity index (χ4n) is 1.99. The Morgan fingerprint density at radius 2 is 1.80 bits per heavy atom. The highest BCUT2D eigenvalue weighted by molar-refractivity contribution is 9.10. The lowest BCUT2D eigenvalue weighted by molar-refractivity contribution is 0.507. The molecule has 0 radical (unpaired) electrons. The van der Waals surface area contributed by atoms with Gasteiger partial charge in [0.1, 0.15) is 0 Å². The van der Waals surface area contributed by atoms with E-state index in [9.17, 15) is 17.2 Å². The van der Waals surface area contributed by atoms with E-state index in [2.05, 4.69) is 36.2 Å². The average molecular weight is 430 g/mol. The van der Waals surface area contributed by atoms with E-state index in [1.165, 1.54) is 18.2 Å². The lowest BCUT2D eigenvalue weighted by Crippen LogP contribution is -2.25. The molecule has 3 rings (SSSR count). The highest BCUT2D eigenvalue weighted by atomic mass is 79.9. The Morgan fingerprint density at radius 3 is 2.48 bits per heavy atom. The second-order valence-electron chi connectivity index (χ2n) is 4.88. The second kappa shape index (κ2) is 6.94. The number of tetrazole rings is 1. The van der Waals surface area contributed by atoms with Crippen LogP contribution in [0.25, 0.3) is 5.69 Å². The molecule has 3 aromatic rings. The van der Waals surface area contributed by atoms with E-state index >= 15 is 0 Å². The minimum absolute atomic E-state index is 0.0718. The molecule has 0 atom stereocenters. The summed E-state index contributed by atoms with van der Waals surface area (Å²) in [5.41, 5.74) is 0.168. The van der Waals surface area contributed by atoms with Crippen molar-refractivity contribution in [2.75, 3.05) is 0 Å². The highest BCUT2D eigenvalue weighted by Crippen LogP contribution is 2.16. The van der Waals surface area contributed by atoms with Crippen LogP contribution >= 0.6 is 15.9 Å². The van der Waals surface area contributed by atoms with Crippen molar-refractivity contribution in [3.8, 4) is 5.69 Å². The smallest absolute Gasteiger partial charge is 0.207 e. The zero-order chi connectivity index (χ0) is 18.0. The normalized spacial score (nSPS) is 11.6. The predicted molar refractivity (Wildman–Crippen MR) is 87.2 cm³/mol. The fourth-order valence-corrected chi connectivity index (χ4v) is 3.23.